The molecule has 0 saturated heterocycles. The highest BCUT2D eigenvalue weighted by Gasteiger charge is 2.22. The predicted molar refractivity (Wildman–Crippen MR) is 80.1 cm³/mol. The van der Waals surface area contributed by atoms with Crippen LogP contribution in [0.3, 0.4) is 0 Å². The summed E-state index contributed by atoms with van der Waals surface area (Å²) in [5.41, 5.74) is 1.46. The van der Waals surface area contributed by atoms with Gasteiger partial charge in [-0.25, -0.2) is 9.37 Å². The fourth-order valence-corrected chi connectivity index (χ4v) is 3.24. The first kappa shape index (κ1) is 13.7. The molecule has 0 saturated carbocycles. The van der Waals surface area contributed by atoms with E-state index < -0.39 is 11.9 Å². The number of rotatable bonds is 4. The molecule has 0 spiro atoms. The highest BCUT2D eigenvalue weighted by Crippen LogP contribution is 2.27. The molecule has 0 aliphatic rings. The van der Waals surface area contributed by atoms with Gasteiger partial charge in [-0.1, -0.05) is 24.3 Å². The molecular weight excluding hydrogens is 289 g/mol. The summed E-state index contributed by atoms with van der Waals surface area (Å²) in [5.74, 6) is -2.02. The van der Waals surface area contributed by atoms with E-state index in [-0.39, 0.29) is 5.82 Å². The normalized spacial score (nSPS) is 12.4. The van der Waals surface area contributed by atoms with Crippen molar-refractivity contribution >= 4 is 27.5 Å². The van der Waals surface area contributed by atoms with Crippen LogP contribution in [0.1, 0.15) is 16.5 Å². The molecule has 0 aliphatic carbocycles. The average Bonchev–Trinajstić information content (AvgIpc) is 2.88. The van der Waals surface area contributed by atoms with Crippen LogP contribution in [0.4, 0.5) is 4.39 Å². The molecule has 1 N–H and O–H groups in total. The summed E-state index contributed by atoms with van der Waals surface area (Å²) in [5, 5.41) is 10.2. The average molecular weight is 301 g/mol. The van der Waals surface area contributed by atoms with Crippen LogP contribution in [0.2, 0.25) is 0 Å². The van der Waals surface area contributed by atoms with Crippen LogP contribution in [-0.4, -0.2) is 16.1 Å². The third kappa shape index (κ3) is 2.92. The Labute approximate surface area is 124 Å². The number of hydrogen-bond acceptors (Lipinski definition) is 3. The van der Waals surface area contributed by atoms with Gasteiger partial charge in [0.2, 0.25) is 0 Å². The molecule has 3 rings (SSSR count). The van der Waals surface area contributed by atoms with Crippen molar-refractivity contribution in [1.82, 2.24) is 4.98 Å². The number of nitrogens with zero attached hydrogens (tertiary/aromatic N) is 1. The van der Waals surface area contributed by atoms with Crippen molar-refractivity contribution in [1.29, 1.82) is 0 Å². The minimum Gasteiger partial charge on any atom is -0.481 e. The maximum atomic E-state index is 13.0. The number of halogens is 1. The van der Waals surface area contributed by atoms with Crippen molar-refractivity contribution in [2.45, 2.75) is 12.3 Å². The molecule has 0 aliphatic heterocycles. The van der Waals surface area contributed by atoms with E-state index in [1.807, 2.05) is 24.3 Å². The third-order valence-electron chi connectivity index (χ3n) is 3.29. The maximum Gasteiger partial charge on any atom is 0.311 e. The van der Waals surface area contributed by atoms with Gasteiger partial charge in [0.15, 0.2) is 0 Å². The van der Waals surface area contributed by atoms with Crippen LogP contribution in [0, 0.1) is 5.82 Å². The van der Waals surface area contributed by atoms with Crippen molar-refractivity contribution in [2.75, 3.05) is 0 Å². The highest BCUT2D eigenvalue weighted by atomic mass is 32.1. The molecule has 2 aromatic carbocycles. The second kappa shape index (κ2) is 5.61. The summed E-state index contributed by atoms with van der Waals surface area (Å²) < 4.78 is 14.0. The van der Waals surface area contributed by atoms with Gasteiger partial charge in [0, 0.05) is 6.42 Å². The topological polar surface area (TPSA) is 50.2 Å². The van der Waals surface area contributed by atoms with E-state index in [1.165, 1.54) is 35.6 Å². The Morgan fingerprint density at radius 3 is 2.57 bits per heavy atom. The van der Waals surface area contributed by atoms with Crippen LogP contribution in [0.5, 0.6) is 0 Å². The van der Waals surface area contributed by atoms with Gasteiger partial charge in [-0.05, 0) is 29.8 Å². The van der Waals surface area contributed by atoms with Crippen LogP contribution >= 0.6 is 11.3 Å². The number of para-hydroxylation sites is 1. The summed E-state index contributed by atoms with van der Waals surface area (Å²) in [6.45, 7) is 0. The fraction of sp³-hybridized carbons (Fsp3) is 0.125. The molecule has 3 nitrogen and oxygen atoms in total. The van der Waals surface area contributed by atoms with Gasteiger partial charge in [0.25, 0.3) is 0 Å². The second-order valence-corrected chi connectivity index (χ2v) is 5.84. The zero-order valence-corrected chi connectivity index (χ0v) is 11.8. The van der Waals surface area contributed by atoms with E-state index in [0.29, 0.717) is 12.0 Å². The number of aromatic nitrogens is 1. The summed E-state index contributed by atoms with van der Waals surface area (Å²) >= 11 is 1.49. The van der Waals surface area contributed by atoms with Gasteiger partial charge in [0.05, 0.1) is 21.1 Å². The van der Waals surface area contributed by atoms with Crippen LogP contribution in [0.25, 0.3) is 10.2 Å². The standard InChI is InChI=1S/C16H12FNO2S/c17-11-7-5-10(6-8-11)12(16(19)20)9-15-18-13-3-1-2-4-14(13)21-15/h1-8,12H,9H2,(H,19,20). The summed E-state index contributed by atoms with van der Waals surface area (Å²) in [6, 6.07) is 13.3. The van der Waals surface area contributed by atoms with E-state index in [2.05, 4.69) is 4.98 Å². The Kier molecular flexibility index (Phi) is 3.66. The highest BCUT2D eigenvalue weighted by molar-refractivity contribution is 7.18. The second-order valence-electron chi connectivity index (χ2n) is 4.72. The van der Waals surface area contributed by atoms with E-state index >= 15 is 0 Å². The molecule has 106 valence electrons. The lowest BCUT2D eigenvalue weighted by atomic mass is 9.96. The number of thiazole rings is 1. The number of aliphatic carboxylic acids is 1. The molecule has 0 amide bonds. The smallest absolute Gasteiger partial charge is 0.311 e. The van der Waals surface area contributed by atoms with E-state index in [0.717, 1.165) is 15.2 Å². The first-order valence-electron chi connectivity index (χ1n) is 6.46. The fourth-order valence-electron chi connectivity index (χ4n) is 2.22. The number of fused-ring (bicyclic) bond motifs is 1. The van der Waals surface area contributed by atoms with E-state index in [9.17, 15) is 14.3 Å². The lowest BCUT2D eigenvalue weighted by Crippen LogP contribution is -2.14. The lowest BCUT2D eigenvalue weighted by Gasteiger charge is -2.10. The van der Waals surface area contributed by atoms with Crippen molar-refractivity contribution in [3.63, 3.8) is 0 Å². The molecule has 0 radical (unpaired) electrons. The molecule has 1 unspecified atom stereocenters. The Bertz CT molecular complexity index is 749. The third-order valence-corrected chi connectivity index (χ3v) is 4.35. The van der Waals surface area contributed by atoms with Crippen molar-refractivity contribution in [3.8, 4) is 0 Å². The van der Waals surface area contributed by atoms with Gasteiger partial charge in [-0.3, -0.25) is 4.79 Å². The first-order chi connectivity index (χ1) is 10.1. The number of carboxylic acid groups (broad SMARTS) is 1. The SMILES string of the molecule is O=C(O)C(Cc1nc2ccccc2s1)c1ccc(F)cc1. The largest absolute Gasteiger partial charge is 0.481 e. The molecule has 1 aromatic heterocycles. The first-order valence-corrected chi connectivity index (χ1v) is 7.28. The van der Waals surface area contributed by atoms with Gasteiger partial charge in [-0.15, -0.1) is 11.3 Å². The monoisotopic (exact) mass is 301 g/mol. The zero-order chi connectivity index (χ0) is 14.8. The van der Waals surface area contributed by atoms with Gasteiger partial charge < -0.3 is 5.11 Å². The Morgan fingerprint density at radius 2 is 1.90 bits per heavy atom. The number of benzene rings is 2. The molecule has 3 aromatic rings. The Morgan fingerprint density at radius 1 is 1.19 bits per heavy atom. The summed E-state index contributed by atoms with van der Waals surface area (Å²) in [4.78, 5) is 15.9. The summed E-state index contributed by atoms with van der Waals surface area (Å²) in [7, 11) is 0. The Balaban J connectivity index is 1.91. The van der Waals surface area contributed by atoms with Gasteiger partial charge in [-0.2, -0.15) is 0 Å². The number of carboxylic acids is 1. The molecule has 0 fully saturated rings. The minimum absolute atomic E-state index is 0.306. The lowest BCUT2D eigenvalue weighted by molar-refractivity contribution is -0.138. The summed E-state index contributed by atoms with van der Waals surface area (Å²) in [6.07, 6.45) is 0.306. The molecule has 21 heavy (non-hydrogen) atoms. The van der Waals surface area contributed by atoms with E-state index in [1.54, 1.807) is 0 Å². The minimum atomic E-state index is -0.930. The van der Waals surface area contributed by atoms with Crippen molar-refractivity contribution in [2.24, 2.45) is 0 Å². The molecule has 5 heteroatoms. The van der Waals surface area contributed by atoms with Crippen LogP contribution in [0.15, 0.2) is 48.5 Å². The van der Waals surface area contributed by atoms with E-state index in [4.69, 9.17) is 0 Å². The number of carbonyl (C=O) groups is 1. The zero-order valence-electron chi connectivity index (χ0n) is 11.0. The van der Waals surface area contributed by atoms with Crippen LogP contribution < -0.4 is 0 Å². The quantitative estimate of drug-likeness (QED) is 0.796. The number of hydrogen-bond donors (Lipinski definition) is 1. The van der Waals surface area contributed by atoms with Gasteiger partial charge >= 0.3 is 5.97 Å². The van der Waals surface area contributed by atoms with Gasteiger partial charge in [0.1, 0.15) is 5.82 Å². The van der Waals surface area contributed by atoms with Crippen LogP contribution in [-0.2, 0) is 11.2 Å². The molecule has 1 heterocycles. The Hall–Kier alpha value is -2.27. The van der Waals surface area contributed by atoms with Crippen molar-refractivity contribution in [3.05, 3.63) is 64.9 Å². The molecular formula is C16H12FNO2S. The maximum absolute atomic E-state index is 13.0. The molecule has 1 atom stereocenters. The molecule has 0 bridgehead atoms. The van der Waals surface area contributed by atoms with Crippen molar-refractivity contribution < 1.29 is 14.3 Å². The predicted octanol–water partition coefficient (Wildman–Crippen LogP) is 3.85.